The minimum absolute atomic E-state index is 0.239. The van der Waals surface area contributed by atoms with Crippen molar-refractivity contribution in [3.8, 4) is 11.5 Å². The maximum Gasteiger partial charge on any atom is 0.163 e. The lowest BCUT2D eigenvalue weighted by molar-refractivity contribution is -0.301. The van der Waals surface area contributed by atoms with E-state index in [2.05, 4.69) is 19.1 Å². The first kappa shape index (κ1) is 20.1. The van der Waals surface area contributed by atoms with E-state index >= 15 is 0 Å². The lowest BCUT2D eigenvalue weighted by Crippen LogP contribution is -2.44. The van der Waals surface area contributed by atoms with Crippen molar-refractivity contribution in [1.82, 2.24) is 0 Å². The fourth-order valence-corrected chi connectivity index (χ4v) is 3.56. The fraction of sp³-hybridized carbons (Fsp3) is 0.714. The number of hydrogen-bond donors (Lipinski definition) is 0. The summed E-state index contributed by atoms with van der Waals surface area (Å²) >= 11 is 0. The van der Waals surface area contributed by atoms with E-state index in [1.54, 1.807) is 14.2 Å². The lowest BCUT2D eigenvalue weighted by atomic mass is 9.97. The summed E-state index contributed by atoms with van der Waals surface area (Å²) in [5.74, 6) is 1.06. The van der Waals surface area contributed by atoms with Gasteiger partial charge in [-0.25, -0.2) is 0 Å². The number of methoxy groups -OCH3 is 2. The van der Waals surface area contributed by atoms with Crippen molar-refractivity contribution < 1.29 is 18.9 Å². The molecule has 1 fully saturated rings. The van der Waals surface area contributed by atoms with E-state index < -0.39 is 5.79 Å². The van der Waals surface area contributed by atoms with E-state index in [0.717, 1.165) is 37.2 Å². The van der Waals surface area contributed by atoms with Crippen LogP contribution in [0.1, 0.15) is 64.9 Å². The third-order valence-electron chi connectivity index (χ3n) is 4.76. The summed E-state index contributed by atoms with van der Waals surface area (Å²) < 4.78 is 23.0. The Morgan fingerprint density at radius 1 is 1.00 bits per heavy atom. The van der Waals surface area contributed by atoms with Gasteiger partial charge in [-0.15, -0.1) is 0 Å². The van der Waals surface area contributed by atoms with Crippen LogP contribution >= 0.6 is 0 Å². The van der Waals surface area contributed by atoms with E-state index in [1.165, 1.54) is 24.8 Å². The Hall–Kier alpha value is -1.26. The molecule has 1 aromatic carbocycles. The number of rotatable bonds is 9. The molecule has 0 spiro atoms. The van der Waals surface area contributed by atoms with Gasteiger partial charge in [0, 0.05) is 6.42 Å². The molecule has 0 aromatic heterocycles. The van der Waals surface area contributed by atoms with Gasteiger partial charge in [-0.3, -0.25) is 0 Å². The van der Waals surface area contributed by atoms with Crippen molar-refractivity contribution in [3.63, 3.8) is 0 Å². The van der Waals surface area contributed by atoms with Gasteiger partial charge < -0.3 is 18.9 Å². The number of unbranched alkanes of at least 4 members (excludes halogenated alkanes) is 2. The second-order valence-corrected chi connectivity index (χ2v) is 7.34. The summed E-state index contributed by atoms with van der Waals surface area (Å²) in [5.41, 5.74) is 1.24. The smallest absolute Gasteiger partial charge is 0.163 e. The van der Waals surface area contributed by atoms with Crippen LogP contribution in [-0.4, -0.2) is 32.2 Å². The van der Waals surface area contributed by atoms with Gasteiger partial charge in [0.2, 0.25) is 0 Å². The Morgan fingerprint density at radius 2 is 1.68 bits per heavy atom. The molecule has 2 rings (SSSR count). The van der Waals surface area contributed by atoms with Crippen LogP contribution in [0.2, 0.25) is 0 Å². The molecule has 4 nitrogen and oxygen atoms in total. The highest BCUT2D eigenvalue weighted by molar-refractivity contribution is 5.42. The topological polar surface area (TPSA) is 36.9 Å². The minimum Gasteiger partial charge on any atom is -0.493 e. The Labute approximate surface area is 152 Å². The van der Waals surface area contributed by atoms with Crippen LogP contribution in [-0.2, 0) is 15.9 Å². The summed E-state index contributed by atoms with van der Waals surface area (Å²) in [7, 11) is 3.33. The summed E-state index contributed by atoms with van der Waals surface area (Å²) in [6, 6.07) is 6.13. The van der Waals surface area contributed by atoms with E-state index in [-0.39, 0.29) is 6.10 Å². The highest BCUT2D eigenvalue weighted by Gasteiger charge is 2.34. The second kappa shape index (κ2) is 9.44. The van der Waals surface area contributed by atoms with Crippen molar-refractivity contribution in [2.24, 2.45) is 0 Å². The zero-order valence-corrected chi connectivity index (χ0v) is 16.5. The van der Waals surface area contributed by atoms with Gasteiger partial charge in [0.15, 0.2) is 17.3 Å². The van der Waals surface area contributed by atoms with Gasteiger partial charge in [-0.05, 0) is 50.8 Å². The Morgan fingerprint density at radius 3 is 2.32 bits per heavy atom. The molecule has 0 N–H and O–H groups in total. The standard InChI is InChI=1S/C21H34O4/c1-6-7-8-9-17-15-18(25-21(2,3)24-17)12-10-16-11-13-19(22-4)20(14-16)23-5/h11,13-14,17-18H,6-10,12,15H2,1-5H3/t17-,18-/m0/s1. The predicted molar refractivity (Wildman–Crippen MR) is 100 cm³/mol. The summed E-state index contributed by atoms with van der Waals surface area (Å²) in [6.07, 6.45) is 8.38. The van der Waals surface area contributed by atoms with Crippen LogP contribution in [0.25, 0.3) is 0 Å². The fourth-order valence-electron chi connectivity index (χ4n) is 3.56. The van der Waals surface area contributed by atoms with Crippen molar-refractivity contribution in [3.05, 3.63) is 23.8 Å². The molecule has 142 valence electrons. The number of ether oxygens (including phenoxy) is 4. The number of aryl methyl sites for hydroxylation is 1. The van der Waals surface area contributed by atoms with Crippen LogP contribution in [0.3, 0.4) is 0 Å². The van der Waals surface area contributed by atoms with Gasteiger partial charge >= 0.3 is 0 Å². The molecule has 2 atom stereocenters. The minimum atomic E-state index is -0.489. The average molecular weight is 350 g/mol. The summed E-state index contributed by atoms with van der Waals surface area (Å²) in [5, 5.41) is 0. The molecule has 1 aliphatic heterocycles. The van der Waals surface area contributed by atoms with Crippen LogP contribution in [0, 0.1) is 0 Å². The maximum absolute atomic E-state index is 6.16. The Kier molecular flexibility index (Phi) is 7.57. The molecule has 4 heteroatoms. The summed E-state index contributed by atoms with van der Waals surface area (Å²) in [6.45, 7) is 6.30. The SMILES string of the molecule is CCCCC[C@H]1C[C@H](CCc2ccc(OC)c(OC)c2)OC(C)(C)O1. The molecule has 0 bridgehead atoms. The molecular weight excluding hydrogens is 316 g/mol. The molecule has 0 saturated carbocycles. The first-order chi connectivity index (χ1) is 12.0. The zero-order chi connectivity index (χ0) is 18.3. The van der Waals surface area contributed by atoms with Crippen LogP contribution in [0.15, 0.2) is 18.2 Å². The van der Waals surface area contributed by atoms with Crippen LogP contribution in [0.4, 0.5) is 0 Å². The molecule has 25 heavy (non-hydrogen) atoms. The van der Waals surface area contributed by atoms with Gasteiger partial charge in [0.25, 0.3) is 0 Å². The Bertz CT molecular complexity index is 527. The maximum atomic E-state index is 6.16. The van der Waals surface area contributed by atoms with Crippen molar-refractivity contribution in [1.29, 1.82) is 0 Å². The van der Waals surface area contributed by atoms with E-state index in [0.29, 0.717) is 6.10 Å². The molecule has 0 radical (unpaired) electrons. The van der Waals surface area contributed by atoms with Crippen molar-refractivity contribution in [2.45, 2.75) is 83.7 Å². The largest absolute Gasteiger partial charge is 0.493 e. The molecule has 0 aliphatic carbocycles. The summed E-state index contributed by atoms with van der Waals surface area (Å²) in [4.78, 5) is 0. The first-order valence-electron chi connectivity index (χ1n) is 9.54. The van der Waals surface area contributed by atoms with Crippen LogP contribution < -0.4 is 9.47 Å². The highest BCUT2D eigenvalue weighted by Crippen LogP contribution is 2.32. The molecule has 1 heterocycles. The molecule has 1 saturated heterocycles. The van der Waals surface area contributed by atoms with E-state index in [9.17, 15) is 0 Å². The normalized spacial score (nSPS) is 22.6. The van der Waals surface area contributed by atoms with Gasteiger partial charge in [-0.1, -0.05) is 32.3 Å². The predicted octanol–water partition coefficient (Wildman–Crippen LogP) is 5.13. The molecule has 1 aliphatic rings. The third kappa shape index (κ3) is 6.19. The van der Waals surface area contributed by atoms with Gasteiger partial charge in [-0.2, -0.15) is 0 Å². The quantitative estimate of drug-likeness (QED) is 0.579. The highest BCUT2D eigenvalue weighted by atomic mass is 16.7. The molecule has 0 amide bonds. The number of hydrogen-bond acceptors (Lipinski definition) is 4. The van der Waals surface area contributed by atoms with Crippen LogP contribution in [0.5, 0.6) is 11.5 Å². The van der Waals surface area contributed by atoms with Crippen molar-refractivity contribution >= 4 is 0 Å². The molecular formula is C21H34O4. The first-order valence-corrected chi connectivity index (χ1v) is 9.54. The average Bonchev–Trinajstić information content (AvgIpc) is 2.58. The molecule has 0 unspecified atom stereocenters. The van der Waals surface area contributed by atoms with E-state index in [1.807, 2.05) is 19.9 Å². The van der Waals surface area contributed by atoms with Crippen molar-refractivity contribution in [2.75, 3.05) is 14.2 Å². The van der Waals surface area contributed by atoms with E-state index in [4.69, 9.17) is 18.9 Å². The third-order valence-corrected chi connectivity index (χ3v) is 4.76. The van der Waals surface area contributed by atoms with Gasteiger partial charge in [0.05, 0.1) is 26.4 Å². The monoisotopic (exact) mass is 350 g/mol. The number of benzene rings is 1. The Balaban J connectivity index is 1.92. The van der Waals surface area contributed by atoms with Gasteiger partial charge in [0.1, 0.15) is 0 Å². The molecule has 1 aromatic rings. The lowest BCUT2D eigenvalue weighted by Gasteiger charge is -2.41. The zero-order valence-electron chi connectivity index (χ0n) is 16.5. The second-order valence-electron chi connectivity index (χ2n) is 7.34.